The highest BCUT2D eigenvalue weighted by Crippen LogP contribution is 2.47. The summed E-state index contributed by atoms with van der Waals surface area (Å²) in [5.74, 6) is 2.70. The first-order valence-electron chi connectivity index (χ1n) is 5.25. The lowest BCUT2D eigenvalue weighted by atomic mass is 10.7. The highest BCUT2D eigenvalue weighted by atomic mass is 32.3. The second-order valence-corrected chi connectivity index (χ2v) is 7.79. The van der Waals surface area contributed by atoms with Gasteiger partial charge in [-0.3, -0.25) is 0 Å². The van der Waals surface area contributed by atoms with E-state index in [2.05, 4.69) is 20.8 Å². The number of carbonyl (C=O) groups is 1. The van der Waals surface area contributed by atoms with E-state index >= 15 is 0 Å². The van der Waals surface area contributed by atoms with Gasteiger partial charge in [0.1, 0.15) is 0 Å². The van der Waals surface area contributed by atoms with E-state index in [1.807, 2.05) is 6.92 Å². The highest BCUT2D eigenvalue weighted by molar-refractivity contribution is 8.35. The molecule has 0 unspecified atom stereocenters. The van der Waals surface area contributed by atoms with E-state index in [4.69, 9.17) is 4.74 Å². The first kappa shape index (κ1) is 15.5. The Morgan fingerprint density at radius 3 is 1.67 bits per heavy atom. The van der Waals surface area contributed by atoms with E-state index < -0.39 is 3.41 Å². The number of rotatable bonds is 8. The van der Waals surface area contributed by atoms with Crippen molar-refractivity contribution in [3.63, 3.8) is 0 Å². The summed E-state index contributed by atoms with van der Waals surface area (Å²) >= 11 is 5.02. The Hall–Kier alpha value is 0.520. The Labute approximate surface area is 106 Å². The molecular formula is C10H20O2S3. The first-order valence-corrected chi connectivity index (χ1v) is 8.21. The van der Waals surface area contributed by atoms with Crippen LogP contribution in [-0.2, 0) is 9.53 Å². The summed E-state index contributed by atoms with van der Waals surface area (Å²) in [6.45, 7) is 8.53. The zero-order valence-corrected chi connectivity index (χ0v) is 12.3. The van der Waals surface area contributed by atoms with Crippen molar-refractivity contribution in [3.8, 4) is 0 Å². The van der Waals surface area contributed by atoms with Crippen LogP contribution in [0.1, 0.15) is 27.7 Å². The number of thioether (sulfide) groups is 3. The van der Waals surface area contributed by atoms with Crippen molar-refractivity contribution >= 4 is 41.3 Å². The van der Waals surface area contributed by atoms with Crippen molar-refractivity contribution in [2.75, 3.05) is 23.9 Å². The van der Waals surface area contributed by atoms with Gasteiger partial charge in [0.15, 0.2) is 0 Å². The van der Waals surface area contributed by atoms with Crippen LogP contribution in [0.5, 0.6) is 0 Å². The van der Waals surface area contributed by atoms with Gasteiger partial charge in [-0.05, 0) is 24.2 Å². The summed E-state index contributed by atoms with van der Waals surface area (Å²) in [6, 6.07) is 0. The van der Waals surface area contributed by atoms with E-state index in [0.29, 0.717) is 6.61 Å². The predicted molar refractivity (Wildman–Crippen MR) is 73.8 cm³/mol. The Morgan fingerprint density at radius 2 is 1.40 bits per heavy atom. The summed E-state index contributed by atoms with van der Waals surface area (Å²) in [5.41, 5.74) is 0. The molecule has 0 aromatic heterocycles. The number of esters is 1. The molecule has 0 aliphatic carbocycles. The minimum atomic E-state index is -0.450. The van der Waals surface area contributed by atoms with Gasteiger partial charge in [0.2, 0.25) is 3.41 Å². The third-order valence-corrected chi connectivity index (χ3v) is 6.16. The lowest BCUT2D eigenvalue weighted by Crippen LogP contribution is -2.31. The second-order valence-electron chi connectivity index (χ2n) is 2.58. The monoisotopic (exact) mass is 268 g/mol. The molecule has 0 radical (unpaired) electrons. The molecule has 0 saturated heterocycles. The van der Waals surface area contributed by atoms with Crippen LogP contribution in [-0.4, -0.2) is 33.2 Å². The normalized spacial score (nSPS) is 11.5. The van der Waals surface area contributed by atoms with Gasteiger partial charge in [-0.1, -0.05) is 20.8 Å². The van der Waals surface area contributed by atoms with Gasteiger partial charge in [-0.2, -0.15) is 0 Å². The topological polar surface area (TPSA) is 26.3 Å². The SMILES string of the molecule is CCOC(=O)C(SCC)(SCC)SCC. The van der Waals surface area contributed by atoms with Gasteiger partial charge in [0.05, 0.1) is 6.61 Å². The van der Waals surface area contributed by atoms with Crippen molar-refractivity contribution in [2.45, 2.75) is 31.1 Å². The molecule has 0 rings (SSSR count). The molecule has 0 aliphatic rings. The fourth-order valence-corrected chi connectivity index (χ4v) is 5.88. The Bertz CT molecular complexity index is 168. The maximum absolute atomic E-state index is 12.0. The van der Waals surface area contributed by atoms with Crippen molar-refractivity contribution in [1.29, 1.82) is 0 Å². The molecule has 0 aromatic rings. The van der Waals surface area contributed by atoms with Crippen LogP contribution >= 0.6 is 35.3 Å². The standard InChI is InChI=1S/C10H20O2S3/c1-5-12-9(11)10(13-6-2,14-7-3)15-8-4/h5-8H2,1-4H3. The molecule has 0 aliphatic heterocycles. The molecule has 5 heteroatoms. The van der Waals surface area contributed by atoms with Crippen LogP contribution in [0.4, 0.5) is 0 Å². The van der Waals surface area contributed by atoms with E-state index in [-0.39, 0.29) is 5.97 Å². The van der Waals surface area contributed by atoms with Crippen LogP contribution in [0, 0.1) is 0 Å². The summed E-state index contributed by atoms with van der Waals surface area (Å²) in [6.07, 6.45) is 0. The summed E-state index contributed by atoms with van der Waals surface area (Å²) < 4.78 is 4.71. The maximum atomic E-state index is 12.0. The zero-order chi connectivity index (χ0) is 11.7. The first-order chi connectivity index (χ1) is 7.16. The van der Waals surface area contributed by atoms with Gasteiger partial charge in [-0.15, -0.1) is 35.3 Å². The average molecular weight is 268 g/mol. The molecule has 0 spiro atoms. The molecule has 0 heterocycles. The van der Waals surface area contributed by atoms with Crippen molar-refractivity contribution in [1.82, 2.24) is 0 Å². The van der Waals surface area contributed by atoms with E-state index in [1.165, 1.54) is 0 Å². The molecule has 2 nitrogen and oxygen atoms in total. The summed E-state index contributed by atoms with van der Waals surface area (Å²) in [4.78, 5) is 12.0. The minimum Gasteiger partial charge on any atom is -0.464 e. The zero-order valence-electron chi connectivity index (χ0n) is 9.87. The van der Waals surface area contributed by atoms with Crippen molar-refractivity contribution in [3.05, 3.63) is 0 Å². The maximum Gasteiger partial charge on any atom is 0.343 e. The molecule has 0 atom stereocenters. The third kappa shape index (κ3) is 4.91. The molecule has 0 saturated carbocycles. The van der Waals surface area contributed by atoms with Crippen molar-refractivity contribution in [2.24, 2.45) is 0 Å². The van der Waals surface area contributed by atoms with Gasteiger partial charge in [0.25, 0.3) is 0 Å². The molecular weight excluding hydrogens is 248 g/mol. The molecule has 15 heavy (non-hydrogen) atoms. The Balaban J connectivity index is 4.65. The van der Waals surface area contributed by atoms with Crippen LogP contribution in [0.25, 0.3) is 0 Å². The smallest absolute Gasteiger partial charge is 0.343 e. The second kappa shape index (κ2) is 8.65. The molecule has 0 N–H and O–H groups in total. The lowest BCUT2D eigenvalue weighted by Gasteiger charge is -2.28. The van der Waals surface area contributed by atoms with Crippen LogP contribution < -0.4 is 0 Å². The minimum absolute atomic E-state index is 0.0875. The number of ether oxygens (including phenoxy) is 1. The van der Waals surface area contributed by atoms with E-state index in [9.17, 15) is 4.79 Å². The number of carbonyl (C=O) groups excluding carboxylic acids is 1. The third-order valence-electron chi connectivity index (χ3n) is 1.53. The van der Waals surface area contributed by atoms with Gasteiger partial charge >= 0.3 is 5.97 Å². The quantitative estimate of drug-likeness (QED) is 0.496. The highest BCUT2D eigenvalue weighted by Gasteiger charge is 2.40. The van der Waals surface area contributed by atoms with Gasteiger partial charge < -0.3 is 4.74 Å². The van der Waals surface area contributed by atoms with Gasteiger partial charge in [0, 0.05) is 0 Å². The van der Waals surface area contributed by atoms with Crippen LogP contribution in [0.2, 0.25) is 0 Å². The average Bonchev–Trinajstić information content (AvgIpc) is 2.19. The van der Waals surface area contributed by atoms with Gasteiger partial charge in [-0.25, -0.2) is 4.79 Å². The van der Waals surface area contributed by atoms with Crippen LogP contribution in [0.15, 0.2) is 0 Å². The summed E-state index contributed by atoms with van der Waals surface area (Å²) in [7, 11) is 0. The van der Waals surface area contributed by atoms with E-state index in [0.717, 1.165) is 17.3 Å². The number of hydrogen-bond donors (Lipinski definition) is 0. The lowest BCUT2D eigenvalue weighted by molar-refractivity contribution is -0.141. The molecule has 0 bridgehead atoms. The van der Waals surface area contributed by atoms with E-state index in [1.54, 1.807) is 35.3 Å². The fraction of sp³-hybridized carbons (Fsp3) is 0.900. The molecule has 90 valence electrons. The molecule has 0 amide bonds. The number of hydrogen-bond acceptors (Lipinski definition) is 5. The summed E-state index contributed by atoms with van der Waals surface area (Å²) in [5, 5.41) is 0. The fourth-order valence-electron chi connectivity index (χ4n) is 1.09. The van der Waals surface area contributed by atoms with Crippen LogP contribution in [0.3, 0.4) is 0 Å². The Kier molecular flexibility index (Phi) is 8.95. The predicted octanol–water partition coefficient (Wildman–Crippen LogP) is 3.46. The molecule has 0 fully saturated rings. The largest absolute Gasteiger partial charge is 0.464 e. The van der Waals surface area contributed by atoms with Crippen molar-refractivity contribution < 1.29 is 9.53 Å². The molecule has 0 aromatic carbocycles. The Morgan fingerprint density at radius 1 is 1.00 bits per heavy atom.